The van der Waals surface area contributed by atoms with E-state index in [0.717, 1.165) is 33.0 Å². The largest absolute Gasteiger partial charge is 0.493 e. The minimum absolute atomic E-state index is 0.0474. The molecule has 13 heteroatoms. The molecule has 236 valence electrons. The number of benzene rings is 2. The van der Waals surface area contributed by atoms with Gasteiger partial charge in [0.2, 0.25) is 0 Å². The number of hydrogen-bond acceptors (Lipinski definition) is 10. The molecule has 0 radical (unpaired) electrons. The van der Waals surface area contributed by atoms with Gasteiger partial charge in [-0.15, -0.1) is 21.5 Å². The van der Waals surface area contributed by atoms with Crippen LogP contribution in [-0.4, -0.2) is 57.3 Å². The van der Waals surface area contributed by atoms with Gasteiger partial charge < -0.3 is 19.2 Å². The topological polar surface area (TPSA) is 124 Å². The van der Waals surface area contributed by atoms with Crippen molar-refractivity contribution in [3.8, 4) is 17.2 Å². The van der Waals surface area contributed by atoms with Gasteiger partial charge in [-0.2, -0.15) is 5.10 Å². The maximum absolute atomic E-state index is 14.0. The first-order valence-corrected chi connectivity index (χ1v) is 16.3. The van der Waals surface area contributed by atoms with Crippen molar-refractivity contribution in [1.29, 1.82) is 0 Å². The summed E-state index contributed by atoms with van der Waals surface area (Å²) in [5, 5.41) is 20.6. The first-order chi connectivity index (χ1) is 22.4. The zero-order valence-corrected chi connectivity index (χ0v) is 27.4. The second-order valence-corrected chi connectivity index (χ2v) is 12.4. The Balaban J connectivity index is 1.29. The monoisotopic (exact) mass is 656 g/mol. The Morgan fingerprint density at radius 1 is 1.07 bits per heavy atom. The lowest BCUT2D eigenvalue weighted by Crippen LogP contribution is -2.29. The number of carbonyl (C=O) groups excluding carboxylic acids is 2. The predicted molar refractivity (Wildman–Crippen MR) is 176 cm³/mol. The van der Waals surface area contributed by atoms with E-state index >= 15 is 0 Å². The molecule has 1 N–H and O–H groups in total. The van der Waals surface area contributed by atoms with Gasteiger partial charge in [-0.25, -0.2) is 5.01 Å². The number of hydrazone groups is 1. The van der Waals surface area contributed by atoms with Gasteiger partial charge >= 0.3 is 0 Å². The highest BCUT2D eigenvalue weighted by Crippen LogP contribution is 2.42. The Hall–Kier alpha value is -4.88. The molecular weight excluding hydrogens is 625 g/mol. The highest BCUT2D eigenvalue weighted by atomic mass is 32.2. The summed E-state index contributed by atoms with van der Waals surface area (Å²) in [6.07, 6.45) is 1.97. The average Bonchev–Trinajstić information content (AvgIpc) is 3.90. The molecule has 0 saturated carbocycles. The molecule has 11 nitrogen and oxygen atoms in total. The highest BCUT2D eigenvalue weighted by Gasteiger charge is 2.36. The average molecular weight is 657 g/mol. The number of aromatic nitrogens is 3. The molecule has 5 aromatic rings. The third kappa shape index (κ3) is 6.28. The van der Waals surface area contributed by atoms with Crippen LogP contribution in [0.3, 0.4) is 0 Å². The van der Waals surface area contributed by atoms with Gasteiger partial charge in [0.15, 0.2) is 28.2 Å². The number of carbonyl (C=O) groups is 2. The van der Waals surface area contributed by atoms with Gasteiger partial charge in [-0.3, -0.25) is 14.2 Å². The predicted octanol–water partition coefficient (Wildman–Crippen LogP) is 5.96. The van der Waals surface area contributed by atoms with E-state index in [4.69, 9.17) is 19.0 Å². The van der Waals surface area contributed by atoms with E-state index in [1.165, 1.54) is 18.0 Å². The summed E-state index contributed by atoms with van der Waals surface area (Å²) >= 11 is 2.84. The number of aryl methyl sites for hydroxylation is 2. The molecule has 0 spiro atoms. The lowest BCUT2D eigenvalue weighted by atomic mass is 9.99. The van der Waals surface area contributed by atoms with Crippen LogP contribution in [0.1, 0.15) is 50.4 Å². The fraction of sp³-hybridized carbons (Fsp3) is 0.242. The second kappa shape index (κ2) is 13.6. The Bertz CT molecular complexity index is 1880. The molecule has 3 aromatic heterocycles. The van der Waals surface area contributed by atoms with E-state index in [-0.39, 0.29) is 35.9 Å². The van der Waals surface area contributed by atoms with E-state index in [0.29, 0.717) is 28.9 Å². The van der Waals surface area contributed by atoms with Gasteiger partial charge in [-0.05, 0) is 60.7 Å². The van der Waals surface area contributed by atoms with Crippen LogP contribution in [0.15, 0.2) is 87.0 Å². The number of para-hydroxylation sites is 1. The highest BCUT2D eigenvalue weighted by molar-refractivity contribution is 7.99. The molecular formula is C33H32N6O5S2. The SMILES string of the molecule is COc1cccc(C2CC(c3cccs3)=NN2C(=O)CSc2nnc(CNC(=O)c3ccco3)n2-c2cc(C)ccc2C)c1OC. The minimum atomic E-state index is -0.389. The molecule has 0 aliphatic carbocycles. The summed E-state index contributed by atoms with van der Waals surface area (Å²) in [5.41, 5.74) is 4.54. The fourth-order valence-corrected chi connectivity index (χ4v) is 6.84. The molecule has 0 saturated heterocycles. The van der Waals surface area contributed by atoms with Crippen LogP contribution < -0.4 is 14.8 Å². The van der Waals surface area contributed by atoms with E-state index in [2.05, 4.69) is 15.5 Å². The van der Waals surface area contributed by atoms with Crippen molar-refractivity contribution in [2.75, 3.05) is 20.0 Å². The van der Waals surface area contributed by atoms with Crippen molar-refractivity contribution >= 4 is 40.6 Å². The number of nitrogens with zero attached hydrogens (tertiary/aromatic N) is 5. The number of rotatable bonds is 11. The summed E-state index contributed by atoms with van der Waals surface area (Å²) in [6, 6.07) is 18.6. The minimum Gasteiger partial charge on any atom is -0.493 e. The molecule has 1 aliphatic rings. The van der Waals surface area contributed by atoms with Crippen LogP contribution in [0.25, 0.3) is 5.69 Å². The number of thiophene rings is 1. The summed E-state index contributed by atoms with van der Waals surface area (Å²) < 4.78 is 18.4. The van der Waals surface area contributed by atoms with Crippen LogP contribution in [-0.2, 0) is 11.3 Å². The number of thioether (sulfide) groups is 1. The van der Waals surface area contributed by atoms with Gasteiger partial charge in [0.1, 0.15) is 0 Å². The van der Waals surface area contributed by atoms with Crippen LogP contribution >= 0.6 is 23.1 Å². The quantitative estimate of drug-likeness (QED) is 0.173. The number of furan rings is 1. The third-order valence-corrected chi connectivity index (χ3v) is 9.38. The molecule has 2 aromatic carbocycles. The standard InChI is InChI=1S/C33H32N6O5S2/c1-20-12-13-21(2)24(16-20)38-29(18-34-32(41)27-10-6-14-44-27)35-36-33(38)46-19-30(40)39-25(17-23(37-39)28-11-7-15-45-28)22-8-5-9-26(42-3)31(22)43-4/h5-16,25H,17-19H2,1-4H3,(H,34,41). The normalized spacial score (nSPS) is 14.3. The lowest BCUT2D eigenvalue weighted by Gasteiger charge is -2.24. The van der Waals surface area contributed by atoms with E-state index < -0.39 is 0 Å². The molecule has 0 fully saturated rings. The number of methoxy groups -OCH3 is 2. The van der Waals surface area contributed by atoms with Crippen LogP contribution in [0.2, 0.25) is 0 Å². The molecule has 1 aliphatic heterocycles. The second-order valence-electron chi connectivity index (χ2n) is 10.5. The zero-order chi connectivity index (χ0) is 32.2. The Kier molecular flexibility index (Phi) is 9.22. The van der Waals surface area contributed by atoms with Crippen molar-refractivity contribution in [2.24, 2.45) is 5.10 Å². The van der Waals surface area contributed by atoms with Crippen molar-refractivity contribution < 1.29 is 23.5 Å². The van der Waals surface area contributed by atoms with E-state index in [1.807, 2.05) is 72.3 Å². The third-order valence-electron chi connectivity index (χ3n) is 7.55. The summed E-state index contributed by atoms with van der Waals surface area (Å²) in [6.45, 7) is 4.11. The van der Waals surface area contributed by atoms with Gasteiger partial charge in [0.05, 0.1) is 55.1 Å². The van der Waals surface area contributed by atoms with E-state index in [9.17, 15) is 9.59 Å². The smallest absolute Gasteiger partial charge is 0.287 e. The van der Waals surface area contributed by atoms with Gasteiger partial charge in [0.25, 0.3) is 11.8 Å². The van der Waals surface area contributed by atoms with E-state index in [1.54, 1.807) is 42.7 Å². The molecule has 0 bridgehead atoms. The Morgan fingerprint density at radius 3 is 2.67 bits per heavy atom. The van der Waals surface area contributed by atoms with Crippen LogP contribution in [0.4, 0.5) is 0 Å². The number of hydrogen-bond donors (Lipinski definition) is 1. The fourth-order valence-electron chi connectivity index (χ4n) is 5.31. The maximum Gasteiger partial charge on any atom is 0.287 e. The summed E-state index contributed by atoms with van der Waals surface area (Å²) in [5.74, 6) is 1.35. The molecule has 6 rings (SSSR count). The molecule has 1 unspecified atom stereocenters. The van der Waals surface area contributed by atoms with Crippen molar-refractivity contribution in [1.82, 2.24) is 25.1 Å². The molecule has 4 heterocycles. The Morgan fingerprint density at radius 2 is 1.93 bits per heavy atom. The summed E-state index contributed by atoms with van der Waals surface area (Å²) in [7, 11) is 3.18. The Labute approximate surface area is 274 Å². The van der Waals surface area contributed by atoms with Gasteiger partial charge in [0, 0.05) is 12.0 Å². The first-order valence-electron chi connectivity index (χ1n) is 14.5. The number of ether oxygens (including phenoxy) is 2. The summed E-state index contributed by atoms with van der Waals surface area (Å²) in [4.78, 5) is 27.6. The molecule has 1 atom stereocenters. The van der Waals surface area contributed by atoms with Crippen molar-refractivity contribution in [2.45, 2.75) is 38.0 Å². The maximum atomic E-state index is 14.0. The van der Waals surface area contributed by atoms with Crippen molar-refractivity contribution in [3.05, 3.63) is 105 Å². The zero-order valence-electron chi connectivity index (χ0n) is 25.7. The molecule has 2 amide bonds. The molecule has 46 heavy (non-hydrogen) atoms. The van der Waals surface area contributed by atoms with Crippen LogP contribution in [0, 0.1) is 13.8 Å². The first kappa shape index (κ1) is 31.1. The van der Waals surface area contributed by atoms with Gasteiger partial charge in [-0.1, -0.05) is 42.1 Å². The van der Waals surface area contributed by atoms with Crippen LogP contribution in [0.5, 0.6) is 11.5 Å². The lowest BCUT2D eigenvalue weighted by molar-refractivity contribution is -0.130. The number of amides is 2. The number of nitrogens with one attached hydrogen (secondary N) is 1. The van der Waals surface area contributed by atoms with Crippen molar-refractivity contribution in [3.63, 3.8) is 0 Å².